The molecule has 0 aliphatic carbocycles. The molecule has 0 saturated carbocycles. The topological polar surface area (TPSA) is 125 Å². The molecule has 11 heteroatoms. The Kier molecular flexibility index (Phi) is 6.72. The van der Waals surface area contributed by atoms with Crippen LogP contribution in [0.25, 0.3) is 0 Å². The summed E-state index contributed by atoms with van der Waals surface area (Å²) in [6.45, 7) is 6.04. The van der Waals surface area contributed by atoms with Gasteiger partial charge in [0.2, 0.25) is 0 Å². The lowest BCUT2D eigenvalue weighted by Crippen LogP contribution is -2.28. The fraction of sp³-hybridized carbons (Fsp3) is 0.429. The summed E-state index contributed by atoms with van der Waals surface area (Å²) in [4.78, 5) is 27.9. The van der Waals surface area contributed by atoms with Gasteiger partial charge in [-0.25, -0.2) is 19.6 Å². The molecule has 1 amide bonds. The lowest BCUT2D eigenvalue weighted by molar-refractivity contribution is 0.0947. The molecule has 3 aromatic heterocycles. The lowest BCUT2D eigenvalue weighted by Gasteiger charge is -2.21. The average molecular weight is 452 g/mol. The van der Waals surface area contributed by atoms with E-state index in [1.807, 2.05) is 32.0 Å². The average Bonchev–Trinajstić information content (AvgIpc) is 3.49. The normalized spacial score (nSPS) is 16.1. The summed E-state index contributed by atoms with van der Waals surface area (Å²) in [5.74, 6) is 1.97. The molecule has 0 bridgehead atoms. The Morgan fingerprint density at radius 1 is 1.31 bits per heavy atom. The van der Waals surface area contributed by atoms with Gasteiger partial charge in [0.1, 0.15) is 23.2 Å². The number of nitriles is 1. The van der Waals surface area contributed by atoms with E-state index in [9.17, 15) is 4.79 Å². The van der Waals surface area contributed by atoms with Gasteiger partial charge in [0.25, 0.3) is 5.91 Å². The van der Waals surface area contributed by atoms with E-state index >= 15 is 0 Å². The summed E-state index contributed by atoms with van der Waals surface area (Å²) in [6.07, 6.45) is 2.06. The molecular weight excluding hydrogens is 426 g/mol. The summed E-state index contributed by atoms with van der Waals surface area (Å²) < 4.78 is 1.77. The SMILES string of the molecule is Cc1nc(C)n(CCNC(=O)c2csc(Nc3cccc(C4CCCN4CC#N)n3)n2)n1. The van der Waals surface area contributed by atoms with Crippen molar-refractivity contribution in [2.24, 2.45) is 0 Å². The monoisotopic (exact) mass is 451 g/mol. The third-order valence-corrected chi connectivity index (χ3v) is 6.05. The van der Waals surface area contributed by atoms with Crippen LogP contribution in [0.3, 0.4) is 0 Å². The van der Waals surface area contributed by atoms with E-state index in [1.165, 1.54) is 11.3 Å². The third-order valence-electron chi connectivity index (χ3n) is 5.29. The van der Waals surface area contributed by atoms with Gasteiger partial charge in [0.15, 0.2) is 5.13 Å². The number of nitrogens with one attached hydrogen (secondary N) is 2. The van der Waals surface area contributed by atoms with Crippen LogP contribution in [0, 0.1) is 25.2 Å². The van der Waals surface area contributed by atoms with Crippen molar-refractivity contribution in [3.63, 3.8) is 0 Å². The summed E-state index contributed by atoms with van der Waals surface area (Å²) in [7, 11) is 0. The first-order valence-electron chi connectivity index (χ1n) is 10.5. The maximum absolute atomic E-state index is 12.4. The Labute approximate surface area is 190 Å². The maximum atomic E-state index is 12.4. The fourth-order valence-corrected chi connectivity index (χ4v) is 4.53. The number of aryl methyl sites for hydroxylation is 2. The van der Waals surface area contributed by atoms with Crippen LogP contribution in [-0.4, -0.2) is 55.2 Å². The van der Waals surface area contributed by atoms with Gasteiger partial charge in [-0.3, -0.25) is 9.69 Å². The molecule has 4 heterocycles. The summed E-state index contributed by atoms with van der Waals surface area (Å²) in [5, 5.41) is 21.7. The van der Waals surface area contributed by atoms with Crippen LogP contribution in [0.5, 0.6) is 0 Å². The van der Waals surface area contributed by atoms with E-state index < -0.39 is 0 Å². The van der Waals surface area contributed by atoms with Crippen LogP contribution in [0.15, 0.2) is 23.6 Å². The van der Waals surface area contributed by atoms with Crippen molar-refractivity contribution in [1.82, 2.24) is 34.9 Å². The minimum Gasteiger partial charge on any atom is -0.349 e. The number of aromatic nitrogens is 5. The van der Waals surface area contributed by atoms with Crippen molar-refractivity contribution < 1.29 is 4.79 Å². The molecule has 1 atom stereocenters. The van der Waals surface area contributed by atoms with Gasteiger partial charge in [0, 0.05) is 11.9 Å². The molecule has 32 heavy (non-hydrogen) atoms. The smallest absolute Gasteiger partial charge is 0.270 e. The van der Waals surface area contributed by atoms with Crippen LogP contribution < -0.4 is 10.6 Å². The summed E-state index contributed by atoms with van der Waals surface area (Å²) in [6, 6.07) is 8.20. The van der Waals surface area contributed by atoms with E-state index in [2.05, 4.69) is 36.7 Å². The number of thiazole rings is 1. The molecule has 1 saturated heterocycles. The largest absolute Gasteiger partial charge is 0.349 e. The highest BCUT2D eigenvalue weighted by Gasteiger charge is 2.26. The van der Waals surface area contributed by atoms with Crippen molar-refractivity contribution in [3.05, 3.63) is 46.6 Å². The Balaban J connectivity index is 1.34. The van der Waals surface area contributed by atoms with E-state index in [-0.39, 0.29) is 11.9 Å². The van der Waals surface area contributed by atoms with E-state index in [0.717, 1.165) is 30.9 Å². The van der Waals surface area contributed by atoms with Crippen LogP contribution in [0.1, 0.15) is 46.7 Å². The van der Waals surface area contributed by atoms with Gasteiger partial charge in [-0.05, 0) is 45.4 Å². The number of amides is 1. The summed E-state index contributed by atoms with van der Waals surface area (Å²) >= 11 is 1.35. The number of rotatable bonds is 8. The molecule has 3 aromatic rings. The number of anilines is 2. The van der Waals surface area contributed by atoms with Gasteiger partial charge in [-0.1, -0.05) is 6.07 Å². The Hall–Kier alpha value is -3.36. The Morgan fingerprint density at radius 2 is 2.19 bits per heavy atom. The third kappa shape index (κ3) is 5.09. The molecule has 2 N–H and O–H groups in total. The minimum atomic E-state index is -0.233. The number of hydrogen-bond acceptors (Lipinski definition) is 9. The predicted octanol–water partition coefficient (Wildman–Crippen LogP) is 2.58. The van der Waals surface area contributed by atoms with Crippen LogP contribution in [0.4, 0.5) is 10.9 Å². The maximum Gasteiger partial charge on any atom is 0.270 e. The van der Waals surface area contributed by atoms with E-state index in [4.69, 9.17) is 10.2 Å². The molecule has 1 unspecified atom stereocenters. The van der Waals surface area contributed by atoms with Crippen LogP contribution in [0.2, 0.25) is 0 Å². The number of carbonyl (C=O) groups is 1. The number of nitrogens with zero attached hydrogens (tertiary/aromatic N) is 7. The molecule has 166 valence electrons. The van der Waals surface area contributed by atoms with E-state index in [0.29, 0.717) is 42.1 Å². The van der Waals surface area contributed by atoms with Crippen LogP contribution in [-0.2, 0) is 6.54 Å². The standard InChI is InChI=1S/C21H25N9OS/c1-14-24-15(2)30(28-14)12-9-23-20(31)17-13-32-21(26-17)27-19-7-3-5-16(25-19)18-6-4-10-29(18)11-8-22/h3,5,7,13,18H,4,6,9-12H2,1-2H3,(H,23,31)(H,25,26,27). The quantitative estimate of drug-likeness (QED) is 0.501. The van der Waals surface area contributed by atoms with Gasteiger partial charge >= 0.3 is 0 Å². The second kappa shape index (κ2) is 9.84. The Morgan fingerprint density at radius 3 is 2.97 bits per heavy atom. The molecule has 4 rings (SSSR count). The molecular formula is C21H25N9OS. The van der Waals surface area contributed by atoms with Gasteiger partial charge < -0.3 is 10.6 Å². The highest BCUT2D eigenvalue weighted by Crippen LogP contribution is 2.31. The molecule has 1 aliphatic rings. The second-order valence-electron chi connectivity index (χ2n) is 7.58. The second-order valence-corrected chi connectivity index (χ2v) is 8.44. The van der Waals surface area contributed by atoms with Crippen molar-refractivity contribution in [2.75, 3.05) is 25.0 Å². The first kappa shape index (κ1) is 21.9. The zero-order valence-electron chi connectivity index (χ0n) is 18.1. The number of likely N-dealkylation sites (tertiary alicyclic amines) is 1. The zero-order valence-corrected chi connectivity index (χ0v) is 18.9. The molecule has 0 aromatic carbocycles. The fourth-order valence-electron chi connectivity index (χ4n) is 3.83. The van der Waals surface area contributed by atoms with Crippen molar-refractivity contribution >= 4 is 28.2 Å². The Bertz CT molecular complexity index is 1130. The zero-order chi connectivity index (χ0) is 22.5. The number of hydrogen-bond donors (Lipinski definition) is 2. The van der Waals surface area contributed by atoms with Gasteiger partial charge in [0.05, 0.1) is 30.9 Å². The highest BCUT2D eigenvalue weighted by molar-refractivity contribution is 7.14. The molecule has 0 spiro atoms. The molecule has 1 aliphatic heterocycles. The number of pyridine rings is 1. The summed E-state index contributed by atoms with van der Waals surface area (Å²) in [5.41, 5.74) is 1.30. The van der Waals surface area contributed by atoms with Crippen molar-refractivity contribution in [2.45, 2.75) is 39.3 Å². The molecule has 10 nitrogen and oxygen atoms in total. The van der Waals surface area contributed by atoms with Crippen LogP contribution >= 0.6 is 11.3 Å². The number of carbonyl (C=O) groups excluding carboxylic acids is 1. The first-order valence-corrected chi connectivity index (χ1v) is 11.4. The lowest BCUT2D eigenvalue weighted by atomic mass is 10.1. The predicted molar refractivity (Wildman–Crippen MR) is 121 cm³/mol. The van der Waals surface area contributed by atoms with Gasteiger partial charge in [-0.15, -0.1) is 11.3 Å². The van der Waals surface area contributed by atoms with Crippen molar-refractivity contribution in [1.29, 1.82) is 5.26 Å². The van der Waals surface area contributed by atoms with E-state index in [1.54, 1.807) is 10.1 Å². The van der Waals surface area contributed by atoms with Gasteiger partial charge in [-0.2, -0.15) is 10.4 Å². The van der Waals surface area contributed by atoms with Crippen molar-refractivity contribution in [3.8, 4) is 6.07 Å². The minimum absolute atomic E-state index is 0.159. The highest BCUT2D eigenvalue weighted by atomic mass is 32.1. The first-order chi connectivity index (χ1) is 15.5. The molecule has 0 radical (unpaired) electrons. The molecule has 1 fully saturated rings.